The van der Waals surface area contributed by atoms with Gasteiger partial charge in [0.1, 0.15) is 0 Å². The van der Waals surface area contributed by atoms with Crippen LogP contribution in [-0.4, -0.2) is 50.5 Å². The summed E-state index contributed by atoms with van der Waals surface area (Å²) in [6, 6.07) is 3.60. The van der Waals surface area contributed by atoms with Crippen molar-refractivity contribution in [3.63, 3.8) is 0 Å². The number of ether oxygens (including phenoxy) is 3. The molecule has 0 aromatic heterocycles. The third-order valence-corrected chi connectivity index (χ3v) is 3.15. The van der Waals surface area contributed by atoms with Crippen molar-refractivity contribution in [3.05, 3.63) is 23.8 Å². The minimum absolute atomic E-state index is 0.284. The molecule has 0 bridgehead atoms. The molecule has 0 aliphatic carbocycles. The fourth-order valence-corrected chi connectivity index (χ4v) is 1.82. The molecule has 0 unspecified atom stereocenters. The van der Waals surface area contributed by atoms with Crippen LogP contribution in [0.3, 0.4) is 0 Å². The largest absolute Gasteiger partial charge is 0.493 e. The van der Waals surface area contributed by atoms with Crippen LogP contribution in [0.1, 0.15) is 30.1 Å². The number of esters is 1. The summed E-state index contributed by atoms with van der Waals surface area (Å²) in [7, 11) is 2.66. The van der Waals surface area contributed by atoms with E-state index in [0.29, 0.717) is 18.1 Å². The molecule has 1 atom stereocenters. The molecule has 0 saturated heterocycles. The standard InChI is InChI=1S/C16H23NO6/c1-4-5-8-23-13-7-6-11(9-14(13)21-2)15(19)17-12(10-18)16(20)22-3/h6-7,9,12,18H,4-5,8,10H2,1-3H3,(H,17,19)/t12-/m1/s1. The van der Waals surface area contributed by atoms with E-state index in [0.717, 1.165) is 12.8 Å². The van der Waals surface area contributed by atoms with Crippen molar-refractivity contribution in [3.8, 4) is 11.5 Å². The smallest absolute Gasteiger partial charge is 0.330 e. The van der Waals surface area contributed by atoms with Gasteiger partial charge in [0.2, 0.25) is 0 Å². The van der Waals surface area contributed by atoms with Crippen LogP contribution in [0.25, 0.3) is 0 Å². The Morgan fingerprint density at radius 1 is 1.26 bits per heavy atom. The fraction of sp³-hybridized carbons (Fsp3) is 0.500. The number of hydrogen-bond donors (Lipinski definition) is 2. The van der Waals surface area contributed by atoms with Gasteiger partial charge in [-0.1, -0.05) is 13.3 Å². The predicted octanol–water partition coefficient (Wildman–Crippen LogP) is 1.14. The van der Waals surface area contributed by atoms with Crippen LogP contribution in [0.5, 0.6) is 11.5 Å². The first-order valence-corrected chi connectivity index (χ1v) is 7.37. The number of carbonyl (C=O) groups excluding carboxylic acids is 2. The molecular weight excluding hydrogens is 302 g/mol. The molecule has 0 fully saturated rings. The molecule has 0 radical (unpaired) electrons. The van der Waals surface area contributed by atoms with Crippen molar-refractivity contribution in [2.75, 3.05) is 27.4 Å². The summed E-state index contributed by atoms with van der Waals surface area (Å²) in [4.78, 5) is 23.5. The van der Waals surface area contributed by atoms with Gasteiger partial charge in [-0.25, -0.2) is 4.79 Å². The molecule has 23 heavy (non-hydrogen) atoms. The highest BCUT2D eigenvalue weighted by Gasteiger charge is 2.21. The van der Waals surface area contributed by atoms with Gasteiger partial charge in [0.25, 0.3) is 5.91 Å². The molecule has 1 rings (SSSR count). The first kappa shape index (κ1) is 18.8. The Morgan fingerprint density at radius 3 is 2.57 bits per heavy atom. The number of rotatable bonds is 9. The molecule has 0 spiro atoms. The number of aliphatic hydroxyl groups is 1. The average molecular weight is 325 g/mol. The van der Waals surface area contributed by atoms with Crippen LogP contribution in [0.4, 0.5) is 0 Å². The molecule has 2 N–H and O–H groups in total. The van der Waals surface area contributed by atoms with Crippen LogP contribution in [0, 0.1) is 0 Å². The number of aliphatic hydroxyl groups excluding tert-OH is 1. The lowest BCUT2D eigenvalue weighted by molar-refractivity contribution is -0.143. The van der Waals surface area contributed by atoms with Gasteiger partial charge in [-0.3, -0.25) is 4.79 Å². The van der Waals surface area contributed by atoms with Gasteiger partial charge < -0.3 is 24.6 Å². The van der Waals surface area contributed by atoms with Crippen LogP contribution in [-0.2, 0) is 9.53 Å². The Morgan fingerprint density at radius 2 is 2.00 bits per heavy atom. The number of unbranched alkanes of at least 4 members (excludes halogenated alkanes) is 1. The van der Waals surface area contributed by atoms with E-state index in [1.54, 1.807) is 12.1 Å². The van der Waals surface area contributed by atoms with E-state index in [2.05, 4.69) is 17.0 Å². The summed E-state index contributed by atoms with van der Waals surface area (Å²) < 4.78 is 15.3. The highest BCUT2D eigenvalue weighted by atomic mass is 16.5. The van der Waals surface area contributed by atoms with E-state index in [4.69, 9.17) is 14.6 Å². The monoisotopic (exact) mass is 325 g/mol. The third kappa shape index (κ3) is 5.45. The predicted molar refractivity (Wildman–Crippen MR) is 83.8 cm³/mol. The molecule has 128 valence electrons. The van der Waals surface area contributed by atoms with Crippen molar-refractivity contribution < 1.29 is 28.9 Å². The molecule has 1 aromatic carbocycles. The molecular formula is C16H23NO6. The number of hydrogen-bond acceptors (Lipinski definition) is 6. The number of benzene rings is 1. The zero-order valence-corrected chi connectivity index (χ0v) is 13.6. The molecule has 7 nitrogen and oxygen atoms in total. The van der Waals surface area contributed by atoms with Crippen molar-refractivity contribution in [2.45, 2.75) is 25.8 Å². The van der Waals surface area contributed by atoms with Crippen LogP contribution >= 0.6 is 0 Å². The summed E-state index contributed by atoms with van der Waals surface area (Å²) in [5.74, 6) is -0.267. The maximum Gasteiger partial charge on any atom is 0.330 e. The Labute approximate surface area is 135 Å². The van der Waals surface area contributed by atoms with Crippen LogP contribution in [0.2, 0.25) is 0 Å². The summed E-state index contributed by atoms with van der Waals surface area (Å²) in [6.45, 7) is 2.08. The lowest BCUT2D eigenvalue weighted by Gasteiger charge is -2.15. The van der Waals surface area contributed by atoms with E-state index in [9.17, 15) is 9.59 Å². The minimum atomic E-state index is -1.11. The van der Waals surface area contributed by atoms with E-state index >= 15 is 0 Å². The zero-order chi connectivity index (χ0) is 17.2. The average Bonchev–Trinajstić information content (AvgIpc) is 2.59. The SMILES string of the molecule is CCCCOc1ccc(C(=O)N[C@H](CO)C(=O)OC)cc1OC. The van der Waals surface area contributed by atoms with Crippen molar-refractivity contribution in [1.82, 2.24) is 5.32 Å². The molecule has 0 aliphatic heterocycles. The van der Waals surface area contributed by atoms with E-state index in [-0.39, 0.29) is 5.56 Å². The highest BCUT2D eigenvalue weighted by Crippen LogP contribution is 2.28. The van der Waals surface area contributed by atoms with Gasteiger partial charge in [0.15, 0.2) is 17.5 Å². The summed E-state index contributed by atoms with van der Waals surface area (Å²) in [5.41, 5.74) is 0.284. The fourth-order valence-electron chi connectivity index (χ4n) is 1.82. The second-order valence-corrected chi connectivity index (χ2v) is 4.80. The van der Waals surface area contributed by atoms with Gasteiger partial charge in [-0.15, -0.1) is 0 Å². The number of nitrogens with one attached hydrogen (secondary N) is 1. The Kier molecular flexibility index (Phi) is 7.90. The molecule has 0 saturated carbocycles. The third-order valence-electron chi connectivity index (χ3n) is 3.15. The van der Waals surface area contributed by atoms with E-state index in [1.165, 1.54) is 20.3 Å². The Bertz CT molecular complexity index is 531. The second kappa shape index (κ2) is 9.68. The van der Waals surface area contributed by atoms with Crippen LogP contribution in [0.15, 0.2) is 18.2 Å². The first-order chi connectivity index (χ1) is 11.1. The van der Waals surface area contributed by atoms with Gasteiger partial charge in [-0.2, -0.15) is 0 Å². The number of amides is 1. The van der Waals surface area contributed by atoms with Gasteiger partial charge >= 0.3 is 5.97 Å². The molecule has 0 heterocycles. The van der Waals surface area contributed by atoms with E-state index in [1.807, 2.05) is 0 Å². The molecule has 7 heteroatoms. The number of carbonyl (C=O) groups is 2. The quantitative estimate of drug-likeness (QED) is 0.522. The highest BCUT2D eigenvalue weighted by molar-refractivity contribution is 5.97. The topological polar surface area (TPSA) is 94.1 Å². The maximum absolute atomic E-state index is 12.1. The number of methoxy groups -OCH3 is 2. The maximum atomic E-state index is 12.1. The Balaban J connectivity index is 2.83. The summed E-state index contributed by atoms with van der Waals surface area (Å²) in [5, 5.41) is 11.5. The summed E-state index contributed by atoms with van der Waals surface area (Å²) in [6.07, 6.45) is 1.93. The first-order valence-electron chi connectivity index (χ1n) is 7.37. The minimum Gasteiger partial charge on any atom is -0.493 e. The van der Waals surface area contributed by atoms with Crippen molar-refractivity contribution >= 4 is 11.9 Å². The van der Waals surface area contributed by atoms with Gasteiger partial charge in [0.05, 0.1) is 27.4 Å². The lowest BCUT2D eigenvalue weighted by atomic mass is 10.1. The molecule has 0 aliphatic rings. The zero-order valence-electron chi connectivity index (χ0n) is 13.6. The van der Waals surface area contributed by atoms with E-state index < -0.39 is 24.5 Å². The normalized spacial score (nSPS) is 11.5. The van der Waals surface area contributed by atoms with Crippen LogP contribution < -0.4 is 14.8 Å². The van der Waals surface area contributed by atoms with Gasteiger partial charge in [-0.05, 0) is 24.6 Å². The lowest BCUT2D eigenvalue weighted by Crippen LogP contribution is -2.44. The Hall–Kier alpha value is -2.28. The van der Waals surface area contributed by atoms with Gasteiger partial charge in [0, 0.05) is 5.56 Å². The van der Waals surface area contributed by atoms with Crippen molar-refractivity contribution in [2.24, 2.45) is 0 Å². The van der Waals surface area contributed by atoms with Crippen molar-refractivity contribution in [1.29, 1.82) is 0 Å². The summed E-state index contributed by atoms with van der Waals surface area (Å²) >= 11 is 0. The molecule has 1 aromatic rings. The molecule has 1 amide bonds. The second-order valence-electron chi connectivity index (χ2n) is 4.80.